The van der Waals surface area contributed by atoms with E-state index in [9.17, 15) is 22.8 Å². The molecule has 1 aromatic carbocycles. The van der Waals surface area contributed by atoms with Gasteiger partial charge in [-0.05, 0) is 51.0 Å². The average Bonchev–Trinajstić information content (AvgIpc) is 3.21. The van der Waals surface area contributed by atoms with Crippen LogP contribution in [-0.2, 0) is 6.42 Å². The minimum Gasteiger partial charge on any atom is -0.404 e. The zero-order valence-electron chi connectivity index (χ0n) is 18.5. The summed E-state index contributed by atoms with van der Waals surface area (Å²) in [6, 6.07) is 4.61. The number of amides is 2. The van der Waals surface area contributed by atoms with Gasteiger partial charge in [0.15, 0.2) is 5.75 Å². The molecule has 0 radical (unpaired) electrons. The van der Waals surface area contributed by atoms with Gasteiger partial charge in [-0.3, -0.25) is 10.1 Å². The number of nitrogens with zero attached hydrogens (tertiary/aromatic N) is 2. The van der Waals surface area contributed by atoms with Crippen molar-refractivity contribution in [1.29, 1.82) is 0 Å². The molecule has 34 heavy (non-hydrogen) atoms. The van der Waals surface area contributed by atoms with Crippen LogP contribution in [0.3, 0.4) is 0 Å². The number of hydrogen-bond donors (Lipinski definition) is 5. The minimum absolute atomic E-state index is 0.134. The molecule has 2 heterocycles. The number of anilines is 2. The lowest BCUT2D eigenvalue weighted by Gasteiger charge is -2.16. The first-order chi connectivity index (χ1) is 16.2. The van der Waals surface area contributed by atoms with E-state index in [4.69, 9.17) is 5.73 Å². The van der Waals surface area contributed by atoms with Crippen LogP contribution < -0.4 is 32.0 Å². The summed E-state index contributed by atoms with van der Waals surface area (Å²) in [5.41, 5.74) is 5.28. The standard InChI is InChI=1S/C21H28F3N7O3/c22-21(23,24)34-17-5-2-1-4-16(17)28-20(33)30-19-27-12-14(18(32)29-19)6-10-31-11-7-15(13-31)26-9-3-8-25/h1-2,4-5,12,15,26H,3,6-11,13,25H2,(H3,27,28,29,30,32,33)/t15-/m0/s1. The van der Waals surface area contributed by atoms with Gasteiger partial charge in [0.1, 0.15) is 0 Å². The van der Waals surface area contributed by atoms with Crippen LogP contribution >= 0.6 is 0 Å². The maximum absolute atomic E-state index is 12.5. The van der Waals surface area contributed by atoms with E-state index in [2.05, 4.69) is 35.6 Å². The van der Waals surface area contributed by atoms with Gasteiger partial charge in [-0.2, -0.15) is 4.98 Å². The van der Waals surface area contributed by atoms with Crippen LogP contribution in [0.15, 0.2) is 35.3 Å². The first-order valence-electron chi connectivity index (χ1n) is 10.9. The molecule has 13 heteroatoms. The Morgan fingerprint density at radius 2 is 2.09 bits per heavy atom. The molecule has 2 aromatic rings. The summed E-state index contributed by atoms with van der Waals surface area (Å²) >= 11 is 0. The number of benzene rings is 1. The lowest BCUT2D eigenvalue weighted by molar-refractivity contribution is -0.274. The summed E-state index contributed by atoms with van der Waals surface area (Å²) in [7, 11) is 0. The largest absolute Gasteiger partial charge is 0.573 e. The summed E-state index contributed by atoms with van der Waals surface area (Å²) in [6.45, 7) is 4.08. The van der Waals surface area contributed by atoms with Gasteiger partial charge in [-0.1, -0.05) is 12.1 Å². The highest BCUT2D eigenvalue weighted by Crippen LogP contribution is 2.29. The van der Waals surface area contributed by atoms with Crippen molar-refractivity contribution in [3.63, 3.8) is 0 Å². The molecule has 10 nitrogen and oxygen atoms in total. The second-order valence-corrected chi connectivity index (χ2v) is 7.84. The van der Waals surface area contributed by atoms with Crippen molar-refractivity contribution in [1.82, 2.24) is 20.2 Å². The second kappa shape index (κ2) is 11.8. The van der Waals surface area contributed by atoms with Crippen molar-refractivity contribution in [2.75, 3.05) is 43.4 Å². The maximum Gasteiger partial charge on any atom is 0.573 e. The molecule has 3 rings (SSSR count). The SMILES string of the molecule is NCCCN[C@H]1CCN(CCc2c[nH]c(NC(=O)Nc3ccccc3OC(F)(F)F)nc2=O)C1. The fraction of sp³-hybridized carbons (Fsp3) is 0.476. The van der Waals surface area contributed by atoms with Crippen LogP contribution in [0.25, 0.3) is 0 Å². The highest BCUT2D eigenvalue weighted by molar-refractivity contribution is 5.99. The average molecular weight is 483 g/mol. The molecule has 6 N–H and O–H groups in total. The van der Waals surface area contributed by atoms with Crippen LogP contribution in [0.2, 0.25) is 0 Å². The lowest BCUT2D eigenvalue weighted by atomic mass is 10.2. The van der Waals surface area contributed by atoms with Crippen molar-refractivity contribution >= 4 is 17.7 Å². The molecule has 0 spiro atoms. The van der Waals surface area contributed by atoms with E-state index in [-0.39, 0.29) is 11.6 Å². The number of aromatic nitrogens is 2. The summed E-state index contributed by atoms with van der Waals surface area (Å²) in [4.78, 5) is 33.3. The number of hydrogen-bond acceptors (Lipinski definition) is 7. The first-order valence-corrected chi connectivity index (χ1v) is 10.9. The van der Waals surface area contributed by atoms with Crippen LogP contribution in [0.1, 0.15) is 18.4 Å². The van der Waals surface area contributed by atoms with Gasteiger partial charge >= 0.3 is 12.4 Å². The molecule has 0 saturated carbocycles. The Bertz CT molecular complexity index is 1020. The van der Waals surface area contributed by atoms with Gasteiger partial charge in [0.2, 0.25) is 5.95 Å². The van der Waals surface area contributed by atoms with E-state index in [0.717, 1.165) is 38.5 Å². The molecule has 1 saturated heterocycles. The third-order valence-electron chi connectivity index (χ3n) is 5.25. The van der Waals surface area contributed by atoms with Gasteiger partial charge < -0.3 is 31.0 Å². The summed E-state index contributed by atoms with van der Waals surface area (Å²) in [5.74, 6) is -0.702. The smallest absolute Gasteiger partial charge is 0.404 e. The number of carbonyl (C=O) groups is 1. The molecule has 1 aromatic heterocycles. The number of halogens is 3. The Labute approximate surface area is 194 Å². The van der Waals surface area contributed by atoms with Gasteiger partial charge in [-0.25, -0.2) is 4.79 Å². The molecule has 0 unspecified atom stereocenters. The molecule has 2 amide bonds. The Balaban J connectivity index is 1.50. The summed E-state index contributed by atoms with van der Waals surface area (Å²) < 4.78 is 41.5. The molecular formula is C21H28F3N7O3. The Morgan fingerprint density at radius 1 is 1.29 bits per heavy atom. The molecule has 1 fully saturated rings. The highest BCUT2D eigenvalue weighted by Gasteiger charge is 2.32. The molecule has 1 aliphatic rings. The Morgan fingerprint density at radius 3 is 2.82 bits per heavy atom. The zero-order valence-corrected chi connectivity index (χ0v) is 18.5. The molecule has 1 aliphatic heterocycles. The molecule has 0 bridgehead atoms. The number of carbonyl (C=O) groups excluding carboxylic acids is 1. The first kappa shape index (κ1) is 25.5. The van der Waals surface area contributed by atoms with Crippen molar-refractivity contribution in [2.45, 2.75) is 31.7 Å². The molecule has 1 atom stereocenters. The number of rotatable bonds is 10. The quantitative estimate of drug-likeness (QED) is 0.325. The van der Waals surface area contributed by atoms with E-state index < -0.39 is 23.7 Å². The number of H-pyrrole nitrogens is 1. The topological polar surface area (TPSA) is 137 Å². The Kier molecular flexibility index (Phi) is 8.85. The van der Waals surface area contributed by atoms with Crippen LogP contribution in [0, 0.1) is 0 Å². The van der Waals surface area contributed by atoms with Gasteiger partial charge in [0.25, 0.3) is 5.56 Å². The number of nitrogens with two attached hydrogens (primary N) is 1. The molecule has 186 valence electrons. The van der Waals surface area contributed by atoms with E-state index in [1.165, 1.54) is 24.4 Å². The minimum atomic E-state index is -4.91. The normalized spacial score (nSPS) is 16.4. The number of nitrogens with one attached hydrogen (secondary N) is 4. The van der Waals surface area contributed by atoms with Crippen LogP contribution in [-0.4, -0.2) is 66.0 Å². The highest BCUT2D eigenvalue weighted by atomic mass is 19.4. The fourth-order valence-electron chi connectivity index (χ4n) is 3.60. The number of ether oxygens (including phenoxy) is 1. The second-order valence-electron chi connectivity index (χ2n) is 7.84. The van der Waals surface area contributed by atoms with Gasteiger partial charge in [-0.15, -0.1) is 13.2 Å². The van der Waals surface area contributed by atoms with E-state index in [0.29, 0.717) is 31.1 Å². The van der Waals surface area contributed by atoms with Crippen molar-refractivity contribution in [2.24, 2.45) is 5.73 Å². The van der Waals surface area contributed by atoms with E-state index in [1.54, 1.807) is 0 Å². The maximum atomic E-state index is 12.5. The van der Waals surface area contributed by atoms with Crippen molar-refractivity contribution in [3.8, 4) is 5.75 Å². The Hall–Kier alpha value is -3.16. The summed E-state index contributed by atoms with van der Waals surface area (Å²) in [6.07, 6.45) is -0.975. The molecular weight excluding hydrogens is 455 g/mol. The van der Waals surface area contributed by atoms with E-state index >= 15 is 0 Å². The third-order valence-corrected chi connectivity index (χ3v) is 5.25. The summed E-state index contributed by atoms with van der Waals surface area (Å²) in [5, 5.41) is 8.01. The number of alkyl halides is 3. The lowest BCUT2D eigenvalue weighted by Crippen LogP contribution is -2.34. The fourth-order valence-corrected chi connectivity index (χ4v) is 3.60. The van der Waals surface area contributed by atoms with Crippen LogP contribution in [0.5, 0.6) is 5.75 Å². The third kappa shape index (κ3) is 8.01. The predicted octanol–water partition coefficient (Wildman–Crippen LogP) is 1.87. The number of para-hydroxylation sites is 2. The zero-order chi connectivity index (χ0) is 24.6. The molecule has 0 aliphatic carbocycles. The van der Waals surface area contributed by atoms with Crippen LogP contribution in [0.4, 0.5) is 29.6 Å². The van der Waals surface area contributed by atoms with Crippen molar-refractivity contribution in [3.05, 3.63) is 46.4 Å². The van der Waals surface area contributed by atoms with Gasteiger partial charge in [0.05, 0.1) is 5.69 Å². The number of urea groups is 1. The monoisotopic (exact) mass is 483 g/mol. The number of aromatic amines is 1. The van der Waals surface area contributed by atoms with Gasteiger partial charge in [0, 0.05) is 30.9 Å². The van der Waals surface area contributed by atoms with Crippen molar-refractivity contribution < 1.29 is 22.7 Å². The predicted molar refractivity (Wildman–Crippen MR) is 121 cm³/mol. The van der Waals surface area contributed by atoms with E-state index in [1.807, 2.05) is 0 Å². The number of likely N-dealkylation sites (tertiary alicyclic amines) is 1.